The topological polar surface area (TPSA) is 6.48 Å². The molecule has 0 amide bonds. The summed E-state index contributed by atoms with van der Waals surface area (Å²) >= 11 is -4.54. The molecule has 0 aromatic heterocycles. The number of nitrogens with zero attached hydrogens (tertiary/aromatic N) is 2. The normalized spacial score (nSPS) is 21.8. The average Bonchev–Trinajstić information content (AvgIpc) is 3.26. The molecular formula is C24H31N2SnZr. The van der Waals surface area contributed by atoms with Gasteiger partial charge in [-0.15, -0.1) is 0 Å². The second kappa shape index (κ2) is 8.34. The van der Waals surface area contributed by atoms with Gasteiger partial charge in [0.15, 0.2) is 0 Å². The summed E-state index contributed by atoms with van der Waals surface area (Å²) in [5.74, 6) is 0.605. The van der Waals surface area contributed by atoms with Gasteiger partial charge in [0.05, 0.1) is 0 Å². The predicted molar refractivity (Wildman–Crippen MR) is 120 cm³/mol. The Morgan fingerprint density at radius 3 is 1.96 bits per heavy atom. The Labute approximate surface area is 178 Å². The zero-order valence-electron chi connectivity index (χ0n) is 17.7. The van der Waals surface area contributed by atoms with Crippen molar-refractivity contribution < 1.29 is 18.2 Å². The van der Waals surface area contributed by atoms with Crippen molar-refractivity contribution in [2.45, 2.75) is 19.2 Å². The Morgan fingerprint density at radius 1 is 0.786 bits per heavy atom. The molecule has 2 aromatic rings. The number of allylic oxidation sites excluding steroid dienone is 2. The molecular weight excluding hydrogens is 526 g/mol. The summed E-state index contributed by atoms with van der Waals surface area (Å²) in [5, 5.41) is 0. The Hall–Kier alpha value is -0.478. The van der Waals surface area contributed by atoms with E-state index < -0.39 is 32.0 Å². The van der Waals surface area contributed by atoms with Crippen molar-refractivity contribution in [3.63, 3.8) is 0 Å². The minimum atomic E-state index is -2.62. The minimum absolute atomic E-state index is 0.605. The predicted octanol–water partition coefficient (Wildman–Crippen LogP) is 5.29. The molecule has 3 unspecified atom stereocenters. The Bertz CT molecular complexity index is 912. The first kappa shape index (κ1) is 20.8. The SMILES string of the molecule is C[N](C)[Zr]([N](C)C)[Sn]([CH3])([CH2]C1C=Cc2ccccc21)[CH]1C=Cc2ccccc21. The van der Waals surface area contributed by atoms with Gasteiger partial charge in [-0.1, -0.05) is 0 Å². The quantitative estimate of drug-likeness (QED) is 0.446. The number of benzene rings is 2. The van der Waals surface area contributed by atoms with Crippen LogP contribution in [0.25, 0.3) is 12.2 Å². The fourth-order valence-corrected chi connectivity index (χ4v) is 72.3. The summed E-state index contributed by atoms with van der Waals surface area (Å²) in [6, 6.07) is 18.2. The Balaban J connectivity index is 1.77. The van der Waals surface area contributed by atoms with Crippen molar-refractivity contribution in [3.05, 3.63) is 82.9 Å². The maximum absolute atomic E-state index is 2.79. The van der Waals surface area contributed by atoms with Crippen molar-refractivity contribution in [2.75, 3.05) is 28.2 Å². The van der Waals surface area contributed by atoms with Crippen LogP contribution in [0.5, 0.6) is 0 Å². The van der Waals surface area contributed by atoms with Gasteiger partial charge in [0, 0.05) is 0 Å². The fraction of sp³-hybridized carbons (Fsp3) is 0.333. The van der Waals surface area contributed by atoms with Gasteiger partial charge in [-0.05, 0) is 0 Å². The molecule has 0 spiro atoms. The number of hydrogen-bond donors (Lipinski definition) is 0. The second-order valence-electron chi connectivity index (χ2n) is 8.79. The monoisotopic (exact) mass is 557 g/mol. The molecule has 28 heavy (non-hydrogen) atoms. The second-order valence-corrected chi connectivity index (χ2v) is 52.2. The van der Waals surface area contributed by atoms with Gasteiger partial charge < -0.3 is 0 Å². The van der Waals surface area contributed by atoms with Crippen LogP contribution in [-0.4, -0.2) is 47.7 Å². The van der Waals surface area contributed by atoms with E-state index in [-0.39, 0.29) is 0 Å². The van der Waals surface area contributed by atoms with Crippen LogP contribution < -0.4 is 0 Å². The van der Waals surface area contributed by atoms with E-state index in [0.29, 0.717) is 9.85 Å². The van der Waals surface area contributed by atoms with Crippen molar-refractivity contribution >= 4 is 26.0 Å². The average molecular weight is 557 g/mol. The first-order valence-corrected chi connectivity index (χ1v) is 28.6. The molecule has 0 radical (unpaired) electrons. The molecule has 0 heterocycles. The first-order chi connectivity index (χ1) is 13.4. The summed E-state index contributed by atoms with van der Waals surface area (Å²) in [6.45, 7) is 0. The van der Waals surface area contributed by atoms with Crippen molar-refractivity contribution in [2.24, 2.45) is 0 Å². The Morgan fingerprint density at radius 2 is 1.32 bits per heavy atom. The summed E-state index contributed by atoms with van der Waals surface area (Å²) in [7, 11) is 9.42. The standard InChI is InChI=1S/C10H9.C9H7.2C2H6N.CH3.Sn.Zr/c1-8-6-7-9-4-2-3-5-10(8)9;1-2-5-9-7-3-6-8(9)4-1;2*1-3-2;;;/h2-8H,1H2;1-7H;2*1-2H3;1H3;;/q;;2*-1;;;+2. The van der Waals surface area contributed by atoms with Crippen LogP contribution >= 0.6 is 0 Å². The van der Waals surface area contributed by atoms with Crippen molar-refractivity contribution in [3.8, 4) is 0 Å². The molecule has 0 aliphatic heterocycles. The van der Waals surface area contributed by atoms with Gasteiger partial charge in [-0.25, -0.2) is 0 Å². The molecule has 2 aromatic carbocycles. The molecule has 4 heteroatoms. The zero-order chi connectivity index (χ0) is 19.9. The van der Waals surface area contributed by atoms with E-state index in [2.05, 4.69) is 112 Å². The summed E-state index contributed by atoms with van der Waals surface area (Å²) < 4.78 is 7.47. The molecule has 0 fully saturated rings. The van der Waals surface area contributed by atoms with Crippen LogP contribution in [0.15, 0.2) is 60.7 Å². The van der Waals surface area contributed by atoms with E-state index in [1.165, 1.54) is 15.6 Å². The van der Waals surface area contributed by atoms with E-state index >= 15 is 0 Å². The maximum atomic E-state index is 2.79. The summed E-state index contributed by atoms with van der Waals surface area (Å²) in [6.07, 6.45) is 9.84. The van der Waals surface area contributed by atoms with Gasteiger partial charge in [0.1, 0.15) is 0 Å². The molecule has 2 nitrogen and oxygen atoms in total. The summed E-state index contributed by atoms with van der Waals surface area (Å²) in [5.41, 5.74) is 6.06. The van der Waals surface area contributed by atoms with Crippen LogP contribution in [0, 0.1) is 0 Å². The van der Waals surface area contributed by atoms with Gasteiger partial charge in [-0.3, -0.25) is 0 Å². The molecule has 0 saturated carbocycles. The van der Waals surface area contributed by atoms with Crippen LogP contribution in [0.1, 0.15) is 32.1 Å². The van der Waals surface area contributed by atoms with E-state index in [9.17, 15) is 0 Å². The molecule has 0 N–H and O–H groups in total. The molecule has 0 bridgehead atoms. The molecule has 0 saturated heterocycles. The molecule has 2 aliphatic carbocycles. The molecule has 145 valence electrons. The van der Waals surface area contributed by atoms with E-state index in [1.54, 1.807) is 11.1 Å². The van der Waals surface area contributed by atoms with E-state index in [0.717, 1.165) is 0 Å². The van der Waals surface area contributed by atoms with Crippen LogP contribution in [0.3, 0.4) is 0 Å². The molecule has 4 rings (SSSR count). The van der Waals surface area contributed by atoms with Crippen LogP contribution in [0.4, 0.5) is 0 Å². The number of fused-ring (bicyclic) bond motifs is 2. The van der Waals surface area contributed by atoms with E-state index in [4.69, 9.17) is 0 Å². The van der Waals surface area contributed by atoms with Gasteiger partial charge in [0.25, 0.3) is 0 Å². The Kier molecular flexibility index (Phi) is 6.19. The first-order valence-electron chi connectivity index (χ1n) is 10.2. The zero-order valence-corrected chi connectivity index (χ0v) is 23.0. The van der Waals surface area contributed by atoms with Crippen LogP contribution in [0.2, 0.25) is 9.38 Å². The third kappa shape index (κ3) is 3.69. The summed E-state index contributed by atoms with van der Waals surface area (Å²) in [4.78, 5) is 2.79. The molecule has 2 aliphatic rings. The molecule has 3 atom stereocenters. The van der Waals surface area contributed by atoms with Crippen molar-refractivity contribution in [1.29, 1.82) is 0 Å². The van der Waals surface area contributed by atoms with Gasteiger partial charge in [0.2, 0.25) is 0 Å². The number of rotatable bonds is 6. The van der Waals surface area contributed by atoms with Crippen molar-refractivity contribution in [1.82, 2.24) is 5.69 Å². The van der Waals surface area contributed by atoms with Gasteiger partial charge >= 0.3 is 180 Å². The van der Waals surface area contributed by atoms with Crippen LogP contribution in [-0.2, 0) is 18.2 Å². The third-order valence-electron chi connectivity index (χ3n) is 6.39. The fourth-order valence-electron chi connectivity index (χ4n) is 5.54. The van der Waals surface area contributed by atoms with Gasteiger partial charge in [-0.2, -0.15) is 0 Å². The third-order valence-corrected chi connectivity index (χ3v) is 62.9. The van der Waals surface area contributed by atoms with E-state index in [1.807, 2.05) is 0 Å². The number of hydrogen-bond acceptors (Lipinski definition) is 2.